The standard InChI is InChI=1S/C22H28BrN5O/c1-14-3-8-19-20(14)21(26-13-25-19)28-10-9-27(12-15(28)2)22(29)18(24)11-16-4-6-17(23)7-5-16/h4-7,13-15,18H,3,8-12,24H2,1-2H3. The minimum absolute atomic E-state index is 0.0284. The zero-order valence-corrected chi connectivity index (χ0v) is 18.6. The Morgan fingerprint density at radius 2 is 2.00 bits per heavy atom. The molecule has 3 atom stereocenters. The van der Waals surface area contributed by atoms with Gasteiger partial charge in [-0.3, -0.25) is 4.79 Å². The molecule has 0 bridgehead atoms. The number of anilines is 1. The molecule has 3 unspecified atom stereocenters. The van der Waals surface area contributed by atoms with Gasteiger partial charge in [0.1, 0.15) is 12.1 Å². The lowest BCUT2D eigenvalue weighted by Gasteiger charge is -2.42. The molecule has 29 heavy (non-hydrogen) atoms. The number of benzene rings is 1. The Balaban J connectivity index is 1.42. The van der Waals surface area contributed by atoms with Gasteiger partial charge in [-0.15, -0.1) is 0 Å². The summed E-state index contributed by atoms with van der Waals surface area (Å²) in [6, 6.07) is 7.66. The molecule has 0 radical (unpaired) electrons. The number of carbonyl (C=O) groups excluding carboxylic acids is 1. The van der Waals surface area contributed by atoms with Crippen LogP contribution in [-0.2, 0) is 17.6 Å². The number of hydrogen-bond donors (Lipinski definition) is 1. The van der Waals surface area contributed by atoms with E-state index in [1.165, 1.54) is 11.3 Å². The van der Waals surface area contributed by atoms with E-state index in [-0.39, 0.29) is 11.9 Å². The zero-order chi connectivity index (χ0) is 20.5. The van der Waals surface area contributed by atoms with E-state index < -0.39 is 6.04 Å². The van der Waals surface area contributed by atoms with E-state index >= 15 is 0 Å². The van der Waals surface area contributed by atoms with E-state index in [0.29, 0.717) is 25.4 Å². The normalized spacial score (nSPS) is 22.5. The van der Waals surface area contributed by atoms with Crippen molar-refractivity contribution in [2.45, 2.75) is 51.1 Å². The summed E-state index contributed by atoms with van der Waals surface area (Å²) in [4.78, 5) is 26.3. The van der Waals surface area contributed by atoms with Crippen molar-refractivity contribution < 1.29 is 4.79 Å². The first-order valence-corrected chi connectivity index (χ1v) is 11.1. The van der Waals surface area contributed by atoms with Crippen LogP contribution in [0.15, 0.2) is 35.1 Å². The molecule has 1 aliphatic heterocycles. The fourth-order valence-electron chi connectivity index (χ4n) is 4.52. The molecule has 0 saturated carbocycles. The predicted molar refractivity (Wildman–Crippen MR) is 118 cm³/mol. The van der Waals surface area contributed by atoms with Crippen molar-refractivity contribution in [3.05, 3.63) is 51.9 Å². The SMILES string of the molecule is CC1CCc2ncnc(N3CCN(C(=O)C(N)Cc4ccc(Br)cc4)CC3C)c21. The maximum absolute atomic E-state index is 12.9. The average Bonchev–Trinajstić information content (AvgIpc) is 3.10. The number of rotatable bonds is 4. The topological polar surface area (TPSA) is 75.4 Å². The van der Waals surface area contributed by atoms with E-state index in [4.69, 9.17) is 5.73 Å². The Hall–Kier alpha value is -1.99. The first-order chi connectivity index (χ1) is 13.9. The third-order valence-electron chi connectivity index (χ3n) is 6.15. The van der Waals surface area contributed by atoms with Gasteiger partial charge >= 0.3 is 0 Å². The predicted octanol–water partition coefficient (Wildman–Crippen LogP) is 2.90. The highest BCUT2D eigenvalue weighted by Gasteiger charge is 2.33. The molecule has 2 heterocycles. The van der Waals surface area contributed by atoms with Gasteiger partial charge in [0.15, 0.2) is 0 Å². The van der Waals surface area contributed by atoms with Gasteiger partial charge in [0, 0.05) is 41.4 Å². The molecule has 4 rings (SSSR count). The molecule has 0 spiro atoms. The maximum atomic E-state index is 12.9. The molecule has 154 valence electrons. The lowest BCUT2D eigenvalue weighted by atomic mass is 10.0. The van der Waals surface area contributed by atoms with Gasteiger partial charge in [0.2, 0.25) is 5.91 Å². The highest BCUT2D eigenvalue weighted by Crippen LogP contribution is 2.38. The van der Waals surface area contributed by atoms with Crippen LogP contribution in [-0.4, -0.2) is 52.5 Å². The summed E-state index contributed by atoms with van der Waals surface area (Å²) in [5.41, 5.74) is 9.82. The molecule has 7 heteroatoms. The Labute approximate surface area is 180 Å². The molecule has 2 aromatic rings. The highest BCUT2D eigenvalue weighted by atomic mass is 79.9. The molecule has 1 aromatic carbocycles. The largest absolute Gasteiger partial charge is 0.350 e. The van der Waals surface area contributed by atoms with E-state index in [2.05, 4.69) is 44.6 Å². The molecular weight excluding hydrogens is 430 g/mol. The van der Waals surface area contributed by atoms with Gasteiger partial charge in [-0.25, -0.2) is 9.97 Å². The Morgan fingerprint density at radius 3 is 2.72 bits per heavy atom. The fourth-order valence-corrected chi connectivity index (χ4v) is 4.78. The van der Waals surface area contributed by atoms with Crippen molar-refractivity contribution in [1.82, 2.24) is 14.9 Å². The monoisotopic (exact) mass is 457 g/mol. The molecule has 1 saturated heterocycles. The molecule has 2 aliphatic rings. The number of nitrogens with two attached hydrogens (primary N) is 1. The molecule has 1 aliphatic carbocycles. The first kappa shape index (κ1) is 20.3. The Morgan fingerprint density at radius 1 is 1.24 bits per heavy atom. The number of amides is 1. The third-order valence-corrected chi connectivity index (χ3v) is 6.68. The number of hydrogen-bond acceptors (Lipinski definition) is 5. The van der Waals surface area contributed by atoms with Crippen molar-refractivity contribution in [1.29, 1.82) is 0 Å². The molecule has 2 N–H and O–H groups in total. The van der Waals surface area contributed by atoms with Crippen LogP contribution < -0.4 is 10.6 Å². The summed E-state index contributed by atoms with van der Waals surface area (Å²) in [5, 5.41) is 0. The number of fused-ring (bicyclic) bond motifs is 1. The van der Waals surface area contributed by atoms with Crippen LogP contribution in [0, 0.1) is 0 Å². The number of nitrogens with zero attached hydrogens (tertiary/aromatic N) is 4. The van der Waals surface area contributed by atoms with Crippen LogP contribution in [0.3, 0.4) is 0 Å². The van der Waals surface area contributed by atoms with Crippen molar-refractivity contribution in [3.63, 3.8) is 0 Å². The van der Waals surface area contributed by atoms with Gasteiger partial charge in [0.05, 0.1) is 6.04 Å². The summed E-state index contributed by atoms with van der Waals surface area (Å²) < 4.78 is 1.02. The van der Waals surface area contributed by atoms with Crippen molar-refractivity contribution in [2.24, 2.45) is 5.73 Å². The quantitative estimate of drug-likeness (QED) is 0.763. The van der Waals surface area contributed by atoms with Crippen LogP contribution in [0.2, 0.25) is 0 Å². The number of halogens is 1. The van der Waals surface area contributed by atoms with Gasteiger partial charge < -0.3 is 15.5 Å². The van der Waals surface area contributed by atoms with E-state index in [1.807, 2.05) is 29.2 Å². The van der Waals surface area contributed by atoms with Gasteiger partial charge in [0.25, 0.3) is 0 Å². The van der Waals surface area contributed by atoms with Crippen LogP contribution in [0.4, 0.5) is 5.82 Å². The number of carbonyl (C=O) groups is 1. The number of aryl methyl sites for hydroxylation is 1. The Kier molecular flexibility index (Phi) is 5.88. The van der Waals surface area contributed by atoms with Gasteiger partial charge in [-0.2, -0.15) is 0 Å². The molecule has 1 fully saturated rings. The van der Waals surface area contributed by atoms with E-state index in [1.54, 1.807) is 6.33 Å². The summed E-state index contributed by atoms with van der Waals surface area (Å²) >= 11 is 3.44. The second kappa shape index (κ2) is 8.40. The lowest BCUT2D eigenvalue weighted by molar-refractivity contribution is -0.133. The van der Waals surface area contributed by atoms with Gasteiger partial charge in [-0.1, -0.05) is 35.0 Å². The Bertz CT molecular complexity index is 887. The summed E-state index contributed by atoms with van der Waals surface area (Å²) in [7, 11) is 0. The number of piperazine rings is 1. The summed E-state index contributed by atoms with van der Waals surface area (Å²) in [6.07, 6.45) is 4.41. The minimum atomic E-state index is -0.516. The van der Waals surface area contributed by atoms with Crippen LogP contribution in [0.1, 0.15) is 43.0 Å². The third kappa shape index (κ3) is 4.16. The second-order valence-corrected chi connectivity index (χ2v) is 9.18. The second-order valence-electron chi connectivity index (χ2n) is 8.26. The summed E-state index contributed by atoms with van der Waals surface area (Å²) in [5.74, 6) is 1.58. The molecular formula is C22H28BrN5O. The van der Waals surface area contributed by atoms with Crippen LogP contribution in [0.25, 0.3) is 0 Å². The van der Waals surface area contributed by atoms with E-state index in [9.17, 15) is 4.79 Å². The van der Waals surface area contributed by atoms with Crippen LogP contribution in [0.5, 0.6) is 0 Å². The van der Waals surface area contributed by atoms with Crippen molar-refractivity contribution in [3.8, 4) is 0 Å². The van der Waals surface area contributed by atoms with Crippen molar-refractivity contribution >= 4 is 27.7 Å². The smallest absolute Gasteiger partial charge is 0.239 e. The molecule has 1 amide bonds. The first-order valence-electron chi connectivity index (χ1n) is 10.3. The van der Waals surface area contributed by atoms with Gasteiger partial charge in [-0.05, 0) is 49.8 Å². The van der Waals surface area contributed by atoms with Crippen LogP contribution >= 0.6 is 15.9 Å². The highest BCUT2D eigenvalue weighted by molar-refractivity contribution is 9.10. The summed E-state index contributed by atoms with van der Waals surface area (Å²) in [6.45, 7) is 6.52. The number of aromatic nitrogens is 2. The average molecular weight is 458 g/mol. The maximum Gasteiger partial charge on any atom is 0.239 e. The fraction of sp³-hybridized carbons (Fsp3) is 0.500. The minimum Gasteiger partial charge on any atom is -0.350 e. The molecule has 6 nitrogen and oxygen atoms in total. The van der Waals surface area contributed by atoms with E-state index in [0.717, 1.165) is 35.2 Å². The molecule has 1 aromatic heterocycles. The van der Waals surface area contributed by atoms with Crippen molar-refractivity contribution in [2.75, 3.05) is 24.5 Å². The lowest BCUT2D eigenvalue weighted by Crippen LogP contribution is -2.57. The zero-order valence-electron chi connectivity index (χ0n) is 17.0.